The Morgan fingerprint density at radius 2 is 2.14 bits per heavy atom. The predicted molar refractivity (Wildman–Crippen MR) is 84.1 cm³/mol. The van der Waals surface area contributed by atoms with E-state index in [0.29, 0.717) is 29.6 Å². The van der Waals surface area contributed by atoms with E-state index in [2.05, 4.69) is 10.2 Å². The van der Waals surface area contributed by atoms with Gasteiger partial charge in [-0.1, -0.05) is 0 Å². The van der Waals surface area contributed by atoms with Crippen LogP contribution in [0.5, 0.6) is 5.75 Å². The van der Waals surface area contributed by atoms with Crippen LogP contribution in [0.25, 0.3) is 0 Å². The summed E-state index contributed by atoms with van der Waals surface area (Å²) in [4.78, 5) is 14.3. The van der Waals surface area contributed by atoms with Crippen molar-refractivity contribution in [3.05, 3.63) is 23.8 Å². The Balaban J connectivity index is 1.53. The Morgan fingerprint density at radius 3 is 2.86 bits per heavy atom. The fourth-order valence-electron chi connectivity index (χ4n) is 2.41. The molecule has 3 N–H and O–H groups in total. The molecule has 1 aliphatic carbocycles. The predicted octanol–water partition coefficient (Wildman–Crippen LogP) is 0.872. The summed E-state index contributed by atoms with van der Waals surface area (Å²) in [6, 6.07) is 5.54. The fraction of sp³-hybridized carbons (Fsp3) is 0.562. The topological polar surface area (TPSA) is 76.8 Å². The third-order valence-corrected chi connectivity index (χ3v) is 3.96. The Morgan fingerprint density at radius 1 is 1.36 bits per heavy atom. The molecule has 2 aliphatic rings. The normalized spacial score (nSPS) is 18.9. The maximum atomic E-state index is 12.1. The van der Waals surface area contributed by atoms with Crippen molar-refractivity contribution in [2.24, 2.45) is 0 Å². The van der Waals surface area contributed by atoms with Crippen LogP contribution >= 0.6 is 0 Å². The van der Waals surface area contributed by atoms with Crippen molar-refractivity contribution in [2.75, 3.05) is 45.2 Å². The lowest BCUT2D eigenvalue weighted by Crippen LogP contribution is -2.38. The van der Waals surface area contributed by atoms with Gasteiger partial charge in [0, 0.05) is 31.2 Å². The standard InChI is InChI=1S/C16H23N3O3/c17-14-4-1-12(16(20)18-13-2-3-13)11-15(14)22-10-7-19-5-8-21-9-6-19/h1,4,11,13H,2-3,5-10,17H2,(H,18,20). The fourth-order valence-corrected chi connectivity index (χ4v) is 2.41. The molecule has 1 saturated carbocycles. The molecular formula is C16H23N3O3. The van der Waals surface area contributed by atoms with E-state index in [4.69, 9.17) is 15.2 Å². The molecule has 0 aromatic heterocycles. The van der Waals surface area contributed by atoms with Gasteiger partial charge in [-0.25, -0.2) is 0 Å². The molecule has 0 atom stereocenters. The molecule has 0 unspecified atom stereocenters. The van der Waals surface area contributed by atoms with Crippen molar-refractivity contribution < 1.29 is 14.3 Å². The van der Waals surface area contributed by atoms with E-state index in [1.807, 2.05) is 0 Å². The highest BCUT2D eigenvalue weighted by Gasteiger charge is 2.24. The number of morpholine rings is 1. The monoisotopic (exact) mass is 305 g/mol. The van der Waals surface area contributed by atoms with Gasteiger partial charge >= 0.3 is 0 Å². The van der Waals surface area contributed by atoms with Gasteiger partial charge < -0.3 is 20.5 Å². The van der Waals surface area contributed by atoms with Gasteiger partial charge in [-0.3, -0.25) is 9.69 Å². The van der Waals surface area contributed by atoms with Gasteiger partial charge in [0.25, 0.3) is 5.91 Å². The number of anilines is 1. The molecule has 1 heterocycles. The third-order valence-electron chi connectivity index (χ3n) is 3.96. The van der Waals surface area contributed by atoms with Crippen LogP contribution in [0, 0.1) is 0 Å². The van der Waals surface area contributed by atoms with Crippen LogP contribution < -0.4 is 15.8 Å². The number of ether oxygens (including phenoxy) is 2. The second-order valence-corrected chi connectivity index (χ2v) is 5.80. The maximum absolute atomic E-state index is 12.1. The van der Waals surface area contributed by atoms with Crippen LogP contribution in [0.3, 0.4) is 0 Å². The summed E-state index contributed by atoms with van der Waals surface area (Å²) in [6.07, 6.45) is 2.15. The van der Waals surface area contributed by atoms with E-state index >= 15 is 0 Å². The first-order valence-electron chi connectivity index (χ1n) is 7.85. The molecule has 6 heteroatoms. The summed E-state index contributed by atoms with van der Waals surface area (Å²) in [5.74, 6) is 0.525. The van der Waals surface area contributed by atoms with Gasteiger partial charge in [0.1, 0.15) is 12.4 Å². The number of benzene rings is 1. The van der Waals surface area contributed by atoms with Gasteiger partial charge in [0.15, 0.2) is 0 Å². The van der Waals surface area contributed by atoms with Crippen molar-refractivity contribution in [3.63, 3.8) is 0 Å². The Hall–Kier alpha value is -1.79. The van der Waals surface area contributed by atoms with E-state index in [1.165, 1.54) is 0 Å². The minimum Gasteiger partial charge on any atom is -0.490 e. The van der Waals surface area contributed by atoms with E-state index < -0.39 is 0 Å². The first-order chi connectivity index (χ1) is 10.7. The van der Waals surface area contributed by atoms with E-state index in [9.17, 15) is 4.79 Å². The molecule has 1 saturated heterocycles. The van der Waals surface area contributed by atoms with Gasteiger partial charge in [-0.2, -0.15) is 0 Å². The molecule has 0 bridgehead atoms. The molecular weight excluding hydrogens is 282 g/mol. The van der Waals surface area contributed by atoms with Gasteiger partial charge in [0.05, 0.1) is 18.9 Å². The lowest BCUT2D eigenvalue weighted by molar-refractivity contribution is 0.0323. The van der Waals surface area contributed by atoms with Crippen LogP contribution in [0.1, 0.15) is 23.2 Å². The molecule has 1 aliphatic heterocycles. The van der Waals surface area contributed by atoms with E-state index in [0.717, 1.165) is 45.7 Å². The minimum absolute atomic E-state index is 0.0551. The number of hydrogen-bond donors (Lipinski definition) is 2. The SMILES string of the molecule is Nc1ccc(C(=O)NC2CC2)cc1OCCN1CCOCC1. The number of nitrogens with one attached hydrogen (secondary N) is 1. The number of carbonyl (C=O) groups is 1. The molecule has 1 aromatic carbocycles. The van der Waals surface area contributed by atoms with Crippen molar-refractivity contribution >= 4 is 11.6 Å². The van der Waals surface area contributed by atoms with E-state index in [1.54, 1.807) is 18.2 Å². The average molecular weight is 305 g/mol. The van der Waals surface area contributed by atoms with Crippen LogP contribution in [0.2, 0.25) is 0 Å². The van der Waals surface area contributed by atoms with Gasteiger partial charge in [0.2, 0.25) is 0 Å². The van der Waals surface area contributed by atoms with Gasteiger partial charge in [-0.05, 0) is 31.0 Å². The first kappa shape index (κ1) is 15.1. The smallest absolute Gasteiger partial charge is 0.251 e. The van der Waals surface area contributed by atoms with Crippen molar-refractivity contribution in [2.45, 2.75) is 18.9 Å². The summed E-state index contributed by atoms with van der Waals surface area (Å²) >= 11 is 0. The molecule has 6 nitrogen and oxygen atoms in total. The second kappa shape index (κ2) is 6.98. The number of nitrogens with zero attached hydrogens (tertiary/aromatic N) is 1. The number of nitrogens with two attached hydrogens (primary N) is 1. The quantitative estimate of drug-likeness (QED) is 0.763. The van der Waals surface area contributed by atoms with Crippen LogP contribution in [0.15, 0.2) is 18.2 Å². The molecule has 0 radical (unpaired) electrons. The number of carbonyl (C=O) groups excluding carboxylic acids is 1. The van der Waals surface area contributed by atoms with Gasteiger partial charge in [-0.15, -0.1) is 0 Å². The number of rotatable bonds is 6. The zero-order valence-corrected chi connectivity index (χ0v) is 12.7. The highest BCUT2D eigenvalue weighted by molar-refractivity contribution is 5.95. The summed E-state index contributed by atoms with van der Waals surface area (Å²) in [5.41, 5.74) is 7.09. The summed E-state index contributed by atoms with van der Waals surface area (Å²) in [6.45, 7) is 4.81. The molecule has 1 aromatic rings. The Kier molecular flexibility index (Phi) is 4.80. The average Bonchev–Trinajstić information content (AvgIpc) is 3.34. The maximum Gasteiger partial charge on any atom is 0.251 e. The zero-order valence-electron chi connectivity index (χ0n) is 12.7. The van der Waals surface area contributed by atoms with Crippen LogP contribution in [-0.2, 0) is 4.74 Å². The lowest BCUT2D eigenvalue weighted by atomic mass is 10.1. The largest absolute Gasteiger partial charge is 0.490 e. The van der Waals surface area contributed by atoms with Crippen molar-refractivity contribution in [3.8, 4) is 5.75 Å². The van der Waals surface area contributed by atoms with Crippen molar-refractivity contribution in [1.82, 2.24) is 10.2 Å². The molecule has 2 fully saturated rings. The molecule has 0 spiro atoms. The lowest BCUT2D eigenvalue weighted by Gasteiger charge is -2.26. The highest BCUT2D eigenvalue weighted by atomic mass is 16.5. The minimum atomic E-state index is -0.0551. The van der Waals surface area contributed by atoms with Crippen LogP contribution in [0.4, 0.5) is 5.69 Å². The zero-order chi connectivity index (χ0) is 15.4. The Bertz CT molecular complexity index is 525. The highest BCUT2D eigenvalue weighted by Crippen LogP contribution is 2.24. The first-order valence-corrected chi connectivity index (χ1v) is 7.85. The Labute approximate surface area is 130 Å². The van der Waals surface area contributed by atoms with Crippen molar-refractivity contribution in [1.29, 1.82) is 0 Å². The number of amides is 1. The van der Waals surface area contributed by atoms with Crippen LogP contribution in [-0.4, -0.2) is 56.3 Å². The summed E-state index contributed by atoms with van der Waals surface area (Å²) < 4.78 is 11.1. The summed E-state index contributed by atoms with van der Waals surface area (Å²) in [5, 5.41) is 2.97. The third kappa shape index (κ3) is 4.11. The molecule has 120 valence electrons. The summed E-state index contributed by atoms with van der Waals surface area (Å²) in [7, 11) is 0. The molecule has 3 rings (SSSR count). The molecule has 1 amide bonds. The number of nitrogen functional groups attached to an aromatic ring is 1. The second-order valence-electron chi connectivity index (χ2n) is 5.80. The number of hydrogen-bond acceptors (Lipinski definition) is 5. The van der Waals surface area contributed by atoms with E-state index in [-0.39, 0.29) is 5.91 Å². The molecule has 22 heavy (non-hydrogen) atoms.